The zero-order valence-electron chi connectivity index (χ0n) is 11.8. The summed E-state index contributed by atoms with van der Waals surface area (Å²) in [6, 6.07) is 11.3. The standard InChI is InChI=1S/C15H16N4O2/c1-19(2)13-6-4-3-5-10(13)17-11-8-12-14(7-9(11)16)21-15(20)18-12/h3-8,17H,16H2,1-2H3,(H,18,20). The van der Waals surface area contributed by atoms with Crippen molar-refractivity contribution in [3.8, 4) is 0 Å². The molecule has 0 aliphatic heterocycles. The molecule has 0 saturated heterocycles. The zero-order chi connectivity index (χ0) is 15.0. The lowest BCUT2D eigenvalue weighted by Crippen LogP contribution is -2.11. The predicted octanol–water partition coefficient (Wildman–Crippen LogP) is 2.51. The van der Waals surface area contributed by atoms with Crippen LogP contribution >= 0.6 is 0 Å². The van der Waals surface area contributed by atoms with Crippen molar-refractivity contribution >= 4 is 33.8 Å². The Morgan fingerprint density at radius 1 is 1.19 bits per heavy atom. The van der Waals surface area contributed by atoms with Crippen molar-refractivity contribution < 1.29 is 4.42 Å². The Labute approximate surface area is 121 Å². The first-order valence-corrected chi connectivity index (χ1v) is 6.50. The maximum atomic E-state index is 11.2. The first-order chi connectivity index (χ1) is 10.0. The number of hydrogen-bond acceptors (Lipinski definition) is 5. The summed E-state index contributed by atoms with van der Waals surface area (Å²) in [5.74, 6) is -0.491. The topological polar surface area (TPSA) is 87.3 Å². The minimum atomic E-state index is -0.491. The third-order valence-corrected chi connectivity index (χ3v) is 3.25. The van der Waals surface area contributed by atoms with E-state index in [-0.39, 0.29) is 0 Å². The molecular formula is C15H16N4O2. The lowest BCUT2D eigenvalue weighted by atomic mass is 10.2. The number of benzene rings is 2. The van der Waals surface area contributed by atoms with Crippen LogP contribution in [-0.2, 0) is 0 Å². The van der Waals surface area contributed by atoms with Crippen LogP contribution in [0.25, 0.3) is 11.1 Å². The van der Waals surface area contributed by atoms with Gasteiger partial charge in [0.1, 0.15) is 0 Å². The van der Waals surface area contributed by atoms with Gasteiger partial charge in [-0.25, -0.2) is 4.79 Å². The van der Waals surface area contributed by atoms with Gasteiger partial charge < -0.3 is 20.4 Å². The van der Waals surface area contributed by atoms with Crippen molar-refractivity contribution in [1.82, 2.24) is 4.98 Å². The number of hydrogen-bond donors (Lipinski definition) is 3. The first-order valence-electron chi connectivity index (χ1n) is 6.50. The van der Waals surface area contributed by atoms with Gasteiger partial charge in [0, 0.05) is 20.2 Å². The number of fused-ring (bicyclic) bond motifs is 1. The summed E-state index contributed by atoms with van der Waals surface area (Å²) < 4.78 is 4.99. The van der Waals surface area contributed by atoms with Crippen LogP contribution in [0.4, 0.5) is 22.7 Å². The average Bonchev–Trinajstić information content (AvgIpc) is 2.78. The van der Waals surface area contributed by atoms with Gasteiger partial charge in [0.15, 0.2) is 5.58 Å². The lowest BCUT2D eigenvalue weighted by Gasteiger charge is -2.19. The third kappa shape index (κ3) is 2.43. The van der Waals surface area contributed by atoms with Crippen LogP contribution in [0.5, 0.6) is 0 Å². The number of para-hydroxylation sites is 2. The van der Waals surface area contributed by atoms with Crippen LogP contribution in [0.2, 0.25) is 0 Å². The van der Waals surface area contributed by atoms with E-state index in [4.69, 9.17) is 10.2 Å². The molecule has 0 saturated carbocycles. The van der Waals surface area contributed by atoms with E-state index in [9.17, 15) is 4.79 Å². The van der Waals surface area contributed by atoms with E-state index in [1.54, 1.807) is 12.1 Å². The fraction of sp³-hybridized carbons (Fsp3) is 0.133. The average molecular weight is 284 g/mol. The number of nitrogens with one attached hydrogen (secondary N) is 2. The van der Waals surface area contributed by atoms with Crippen molar-refractivity contribution in [2.75, 3.05) is 30.0 Å². The van der Waals surface area contributed by atoms with Crippen LogP contribution in [0.15, 0.2) is 45.6 Å². The number of anilines is 4. The second-order valence-corrected chi connectivity index (χ2v) is 4.99. The number of nitrogens with two attached hydrogens (primary N) is 1. The van der Waals surface area contributed by atoms with Crippen molar-refractivity contribution in [2.45, 2.75) is 0 Å². The smallest absolute Gasteiger partial charge is 0.408 e. The number of nitrogens with zero attached hydrogens (tertiary/aromatic N) is 1. The zero-order valence-corrected chi connectivity index (χ0v) is 11.8. The molecule has 3 aromatic rings. The summed E-state index contributed by atoms with van der Waals surface area (Å²) >= 11 is 0. The Bertz CT molecular complexity index is 848. The van der Waals surface area contributed by atoms with Gasteiger partial charge in [0.2, 0.25) is 0 Å². The molecule has 0 aliphatic rings. The number of aromatic nitrogens is 1. The van der Waals surface area contributed by atoms with Crippen LogP contribution in [-0.4, -0.2) is 19.1 Å². The molecule has 0 fully saturated rings. The van der Waals surface area contributed by atoms with Crippen molar-refractivity contribution in [3.63, 3.8) is 0 Å². The van der Waals surface area contributed by atoms with E-state index in [1.165, 1.54) is 0 Å². The molecule has 3 rings (SSSR count). The SMILES string of the molecule is CN(C)c1ccccc1Nc1cc2[nH]c(=O)oc2cc1N. The molecule has 21 heavy (non-hydrogen) atoms. The second-order valence-electron chi connectivity index (χ2n) is 4.99. The van der Waals surface area contributed by atoms with Crippen LogP contribution in [0, 0.1) is 0 Å². The van der Waals surface area contributed by atoms with Gasteiger partial charge in [0.05, 0.1) is 28.3 Å². The van der Waals surface area contributed by atoms with Gasteiger partial charge in [-0.15, -0.1) is 0 Å². The molecular weight excluding hydrogens is 268 g/mol. The van der Waals surface area contributed by atoms with Gasteiger partial charge in [-0.3, -0.25) is 4.98 Å². The van der Waals surface area contributed by atoms with E-state index in [0.717, 1.165) is 11.4 Å². The van der Waals surface area contributed by atoms with Gasteiger partial charge in [-0.2, -0.15) is 0 Å². The Morgan fingerprint density at radius 2 is 1.95 bits per heavy atom. The molecule has 2 aromatic carbocycles. The Morgan fingerprint density at radius 3 is 2.71 bits per heavy atom. The molecule has 0 spiro atoms. The fourth-order valence-corrected chi connectivity index (χ4v) is 2.24. The van der Waals surface area contributed by atoms with Crippen molar-refractivity contribution in [3.05, 3.63) is 46.9 Å². The largest absolute Gasteiger partial charge is 0.417 e. The molecule has 6 nitrogen and oxygen atoms in total. The van der Waals surface area contributed by atoms with Gasteiger partial charge >= 0.3 is 5.76 Å². The van der Waals surface area contributed by atoms with Gasteiger partial charge in [0.25, 0.3) is 0 Å². The number of oxazole rings is 1. The maximum absolute atomic E-state index is 11.2. The van der Waals surface area contributed by atoms with Gasteiger partial charge in [-0.1, -0.05) is 12.1 Å². The number of aromatic amines is 1. The van der Waals surface area contributed by atoms with Crippen LogP contribution in [0.3, 0.4) is 0 Å². The molecule has 0 atom stereocenters. The van der Waals surface area contributed by atoms with Crippen LogP contribution < -0.4 is 21.7 Å². The quantitative estimate of drug-likeness (QED) is 0.643. The maximum Gasteiger partial charge on any atom is 0.417 e. The first kappa shape index (κ1) is 13.1. The monoisotopic (exact) mass is 284 g/mol. The lowest BCUT2D eigenvalue weighted by molar-refractivity contribution is 0.555. The highest BCUT2D eigenvalue weighted by molar-refractivity contribution is 5.88. The Balaban J connectivity index is 2.05. The Kier molecular flexibility index (Phi) is 3.06. The summed E-state index contributed by atoms with van der Waals surface area (Å²) in [4.78, 5) is 15.9. The number of rotatable bonds is 3. The number of nitrogen functional groups attached to an aromatic ring is 1. The molecule has 0 radical (unpaired) electrons. The molecule has 0 unspecified atom stereocenters. The highest BCUT2D eigenvalue weighted by Gasteiger charge is 2.09. The molecule has 0 amide bonds. The Hall–Kier alpha value is -2.89. The van der Waals surface area contributed by atoms with E-state index >= 15 is 0 Å². The molecule has 6 heteroatoms. The molecule has 0 aliphatic carbocycles. The minimum Gasteiger partial charge on any atom is -0.408 e. The van der Waals surface area contributed by atoms with E-state index in [1.807, 2.05) is 43.3 Å². The molecule has 4 N–H and O–H groups in total. The van der Waals surface area contributed by atoms with Crippen LogP contribution in [0.1, 0.15) is 0 Å². The molecule has 1 heterocycles. The van der Waals surface area contributed by atoms with Crippen molar-refractivity contribution in [1.29, 1.82) is 0 Å². The molecule has 108 valence electrons. The highest BCUT2D eigenvalue weighted by Crippen LogP contribution is 2.31. The summed E-state index contributed by atoms with van der Waals surface area (Å²) in [6.07, 6.45) is 0. The summed E-state index contributed by atoms with van der Waals surface area (Å²) in [6.45, 7) is 0. The van der Waals surface area contributed by atoms with E-state index in [0.29, 0.717) is 22.5 Å². The minimum absolute atomic E-state index is 0.448. The van der Waals surface area contributed by atoms with E-state index in [2.05, 4.69) is 10.3 Å². The normalized spacial score (nSPS) is 10.8. The van der Waals surface area contributed by atoms with Crippen molar-refractivity contribution in [2.24, 2.45) is 0 Å². The number of H-pyrrole nitrogens is 1. The van der Waals surface area contributed by atoms with Gasteiger partial charge in [-0.05, 0) is 18.2 Å². The molecule has 1 aromatic heterocycles. The molecule has 0 bridgehead atoms. The highest BCUT2D eigenvalue weighted by atomic mass is 16.4. The summed E-state index contributed by atoms with van der Waals surface area (Å²) in [5, 5.41) is 3.29. The fourth-order valence-electron chi connectivity index (χ4n) is 2.24. The summed E-state index contributed by atoms with van der Waals surface area (Å²) in [7, 11) is 3.95. The summed E-state index contributed by atoms with van der Waals surface area (Å²) in [5.41, 5.74) is 10.3. The predicted molar refractivity (Wildman–Crippen MR) is 85.3 cm³/mol. The van der Waals surface area contributed by atoms with E-state index < -0.39 is 5.76 Å². The second kappa shape index (κ2) is 4.90. The third-order valence-electron chi connectivity index (χ3n) is 3.25.